The lowest BCUT2D eigenvalue weighted by Gasteiger charge is -2.19. The topological polar surface area (TPSA) is 74.2 Å². The van der Waals surface area contributed by atoms with E-state index in [0.29, 0.717) is 11.3 Å². The van der Waals surface area contributed by atoms with Gasteiger partial charge in [0.25, 0.3) is 5.91 Å². The molecule has 1 heterocycles. The molecule has 29 heavy (non-hydrogen) atoms. The fourth-order valence-corrected chi connectivity index (χ4v) is 3.16. The van der Waals surface area contributed by atoms with Crippen LogP contribution in [0.4, 0.5) is 0 Å². The Hall–Kier alpha value is -3.34. The summed E-state index contributed by atoms with van der Waals surface area (Å²) < 4.78 is 1.66. The molecule has 1 amide bonds. The smallest absolute Gasteiger partial charge is 0.270 e. The first-order chi connectivity index (χ1) is 13.8. The summed E-state index contributed by atoms with van der Waals surface area (Å²) in [7, 11) is 0. The van der Waals surface area contributed by atoms with Crippen molar-refractivity contribution in [3.05, 3.63) is 83.6 Å². The third-order valence-corrected chi connectivity index (χ3v) is 4.84. The number of carboxylic acid groups (broad SMARTS) is 1. The van der Waals surface area contributed by atoms with Crippen LogP contribution in [-0.4, -0.2) is 16.6 Å². The number of nitrogens with one attached hydrogen (secondary N) is 1. The maximum Gasteiger partial charge on any atom is 0.270 e. The number of rotatable bonds is 6. The van der Waals surface area contributed by atoms with Gasteiger partial charge in [-0.3, -0.25) is 14.9 Å². The number of aryl methyl sites for hydroxylation is 1. The van der Waals surface area contributed by atoms with Crippen molar-refractivity contribution >= 4 is 11.9 Å². The Balaban J connectivity index is 1.90. The fraction of sp³-hybridized carbons (Fsp3) is 0.250. The predicted octanol–water partition coefficient (Wildman–Crippen LogP) is 3.52. The maximum absolute atomic E-state index is 12.9. The fourth-order valence-electron chi connectivity index (χ4n) is 3.16. The molecule has 0 radical (unpaired) electrons. The Morgan fingerprint density at radius 1 is 0.931 bits per heavy atom. The zero-order chi connectivity index (χ0) is 21.0. The van der Waals surface area contributed by atoms with Gasteiger partial charge in [-0.25, -0.2) is 0 Å². The lowest BCUT2D eigenvalue weighted by atomic mass is 9.87. The maximum atomic E-state index is 12.9. The summed E-state index contributed by atoms with van der Waals surface area (Å²) in [5, 5.41) is 10.9. The second kappa shape index (κ2) is 8.35. The van der Waals surface area contributed by atoms with E-state index in [1.165, 1.54) is 0 Å². The number of carbonyl (C=O) groups is 2. The molecule has 0 bridgehead atoms. The van der Waals surface area contributed by atoms with E-state index >= 15 is 0 Å². The van der Waals surface area contributed by atoms with E-state index in [9.17, 15) is 14.7 Å². The van der Waals surface area contributed by atoms with E-state index < -0.39 is 5.97 Å². The number of benzene rings is 2. The van der Waals surface area contributed by atoms with Crippen molar-refractivity contribution in [2.75, 3.05) is 5.43 Å². The van der Waals surface area contributed by atoms with Crippen molar-refractivity contribution in [2.24, 2.45) is 0 Å². The van der Waals surface area contributed by atoms with Crippen molar-refractivity contribution in [3.8, 4) is 11.3 Å². The van der Waals surface area contributed by atoms with Gasteiger partial charge in [-0.1, -0.05) is 63.2 Å². The number of hydrogen-bond acceptors (Lipinski definition) is 3. The van der Waals surface area contributed by atoms with Crippen molar-refractivity contribution in [1.29, 1.82) is 0 Å². The van der Waals surface area contributed by atoms with Gasteiger partial charge in [0, 0.05) is 22.8 Å². The molecule has 0 atom stereocenters. The van der Waals surface area contributed by atoms with E-state index in [-0.39, 0.29) is 24.2 Å². The van der Waals surface area contributed by atoms with Crippen molar-refractivity contribution in [3.63, 3.8) is 0 Å². The number of amides is 1. The first-order valence-corrected chi connectivity index (χ1v) is 9.63. The van der Waals surface area contributed by atoms with E-state index in [0.717, 1.165) is 16.8 Å². The first kappa shape index (κ1) is 20.4. The third-order valence-electron chi connectivity index (χ3n) is 4.84. The van der Waals surface area contributed by atoms with Gasteiger partial charge < -0.3 is 9.90 Å². The average molecular weight is 389 g/mol. The highest BCUT2D eigenvalue weighted by atomic mass is 16.4. The van der Waals surface area contributed by atoms with Crippen LogP contribution in [-0.2, 0) is 16.6 Å². The van der Waals surface area contributed by atoms with Gasteiger partial charge in [-0.2, -0.15) is 0 Å². The molecule has 3 aromatic rings. The second-order valence-corrected chi connectivity index (χ2v) is 8.05. The minimum Gasteiger partial charge on any atom is -0.550 e. The Morgan fingerprint density at radius 3 is 2.17 bits per heavy atom. The van der Waals surface area contributed by atoms with E-state index in [1.807, 2.05) is 66.7 Å². The molecule has 1 N–H and O–H groups in total. The molecule has 0 saturated heterocycles. The monoisotopic (exact) mass is 389 g/mol. The molecule has 5 nitrogen and oxygen atoms in total. The molecule has 0 fully saturated rings. The van der Waals surface area contributed by atoms with Gasteiger partial charge >= 0.3 is 0 Å². The molecular formula is C24H25N2O3-. The normalized spacial score (nSPS) is 11.3. The van der Waals surface area contributed by atoms with Crippen LogP contribution in [0.1, 0.15) is 48.8 Å². The highest BCUT2D eigenvalue weighted by Gasteiger charge is 2.16. The number of nitrogens with zero attached hydrogens (tertiary/aromatic N) is 1. The molecule has 1 aromatic heterocycles. The van der Waals surface area contributed by atoms with Gasteiger partial charge in [-0.05, 0) is 48.1 Å². The Kier molecular flexibility index (Phi) is 5.87. The molecule has 2 aromatic carbocycles. The lowest BCUT2D eigenvalue weighted by molar-refractivity contribution is -0.305. The number of aromatic nitrogens is 1. The molecule has 150 valence electrons. The summed E-state index contributed by atoms with van der Waals surface area (Å²) in [4.78, 5) is 23.8. The first-order valence-electron chi connectivity index (χ1n) is 9.63. The average Bonchev–Trinajstić information content (AvgIpc) is 3.09. The summed E-state index contributed by atoms with van der Waals surface area (Å²) >= 11 is 0. The predicted molar refractivity (Wildman–Crippen MR) is 112 cm³/mol. The number of carboxylic acids is 1. The minimum atomic E-state index is -1.12. The van der Waals surface area contributed by atoms with Crippen molar-refractivity contribution < 1.29 is 14.7 Å². The van der Waals surface area contributed by atoms with Crippen LogP contribution >= 0.6 is 0 Å². The quantitative estimate of drug-likeness (QED) is 0.701. The summed E-state index contributed by atoms with van der Waals surface area (Å²) in [6.45, 7) is 6.37. The van der Waals surface area contributed by atoms with Gasteiger partial charge in [0.2, 0.25) is 0 Å². The largest absolute Gasteiger partial charge is 0.550 e. The molecule has 0 unspecified atom stereocenters. The van der Waals surface area contributed by atoms with Crippen LogP contribution in [0.5, 0.6) is 0 Å². The zero-order valence-corrected chi connectivity index (χ0v) is 16.9. The van der Waals surface area contributed by atoms with Crippen LogP contribution in [0.2, 0.25) is 0 Å². The van der Waals surface area contributed by atoms with Crippen LogP contribution in [0, 0.1) is 0 Å². The zero-order valence-electron chi connectivity index (χ0n) is 16.9. The van der Waals surface area contributed by atoms with E-state index in [1.54, 1.807) is 4.68 Å². The van der Waals surface area contributed by atoms with Gasteiger partial charge in [0.1, 0.15) is 0 Å². The Morgan fingerprint density at radius 2 is 1.59 bits per heavy atom. The summed E-state index contributed by atoms with van der Waals surface area (Å²) in [6, 6.07) is 20.9. The third kappa shape index (κ3) is 4.93. The Labute approximate surface area is 171 Å². The van der Waals surface area contributed by atoms with Crippen molar-refractivity contribution in [2.45, 2.75) is 39.0 Å². The van der Waals surface area contributed by atoms with E-state index in [2.05, 4.69) is 26.2 Å². The molecular weight excluding hydrogens is 364 g/mol. The summed E-state index contributed by atoms with van der Waals surface area (Å²) in [6.07, 6.45) is 0.146. The summed E-state index contributed by atoms with van der Waals surface area (Å²) in [5.41, 5.74) is 7.03. The lowest BCUT2D eigenvalue weighted by Crippen LogP contribution is -2.27. The molecule has 0 spiro atoms. The van der Waals surface area contributed by atoms with Gasteiger partial charge in [0.15, 0.2) is 0 Å². The molecule has 0 saturated carbocycles. The SMILES string of the molecule is CC(C)(C)c1ccc(C(=O)Nn2c(CCC(=O)[O-])ccc2-c2ccccc2)cc1. The van der Waals surface area contributed by atoms with Crippen molar-refractivity contribution in [1.82, 2.24) is 4.68 Å². The standard InChI is InChI=1S/C24H26N2O3/c1-24(2,3)19-11-9-18(10-12-19)23(29)25-26-20(14-16-22(27)28)13-15-21(26)17-7-5-4-6-8-17/h4-13,15H,14,16H2,1-3H3,(H,25,29)(H,27,28)/p-1. The van der Waals surface area contributed by atoms with Gasteiger partial charge in [0.05, 0.1) is 5.69 Å². The van der Waals surface area contributed by atoms with Crippen LogP contribution < -0.4 is 10.5 Å². The molecule has 0 aliphatic heterocycles. The van der Waals surface area contributed by atoms with Crippen LogP contribution in [0.25, 0.3) is 11.3 Å². The molecule has 5 heteroatoms. The highest BCUT2D eigenvalue weighted by molar-refractivity contribution is 6.00. The molecule has 0 aliphatic rings. The molecule has 0 aliphatic carbocycles. The van der Waals surface area contributed by atoms with E-state index in [4.69, 9.17) is 0 Å². The van der Waals surface area contributed by atoms with Crippen LogP contribution in [0.15, 0.2) is 66.7 Å². The van der Waals surface area contributed by atoms with Crippen LogP contribution in [0.3, 0.4) is 0 Å². The molecule has 3 rings (SSSR count). The second-order valence-electron chi connectivity index (χ2n) is 8.05. The summed E-state index contributed by atoms with van der Waals surface area (Å²) in [5.74, 6) is -1.38. The number of carbonyl (C=O) groups excluding carboxylic acids is 2. The Bertz CT molecular complexity index is 997. The minimum absolute atomic E-state index is 0.00789. The number of hydrogen-bond donors (Lipinski definition) is 1. The number of aliphatic carboxylic acids is 1. The highest BCUT2D eigenvalue weighted by Crippen LogP contribution is 2.24. The van der Waals surface area contributed by atoms with Gasteiger partial charge in [-0.15, -0.1) is 0 Å².